The summed E-state index contributed by atoms with van der Waals surface area (Å²) in [5, 5.41) is 32.1. The van der Waals surface area contributed by atoms with Crippen LogP contribution in [0.25, 0.3) is 11.0 Å². The van der Waals surface area contributed by atoms with Gasteiger partial charge in [0, 0.05) is 6.92 Å². The van der Waals surface area contributed by atoms with Gasteiger partial charge >= 0.3 is 5.69 Å². The fourth-order valence-electron chi connectivity index (χ4n) is 1.76. The topological polar surface area (TPSA) is 143 Å². The molecule has 10 heteroatoms. The highest BCUT2D eigenvalue weighted by Gasteiger charge is 2.32. The van der Waals surface area contributed by atoms with Crippen molar-refractivity contribution in [2.45, 2.75) is 6.92 Å². The van der Waals surface area contributed by atoms with E-state index in [0.717, 1.165) is 6.07 Å². The van der Waals surface area contributed by atoms with E-state index >= 15 is 0 Å². The zero-order valence-electron chi connectivity index (χ0n) is 9.35. The molecule has 0 spiro atoms. The maximum absolute atomic E-state index is 10.9. The summed E-state index contributed by atoms with van der Waals surface area (Å²) in [7, 11) is 0. The van der Waals surface area contributed by atoms with Gasteiger partial charge in [-0.2, -0.15) is 0 Å². The van der Waals surface area contributed by atoms with E-state index in [-0.39, 0.29) is 16.7 Å². The molecule has 0 aliphatic carbocycles. The van der Waals surface area contributed by atoms with E-state index in [4.69, 9.17) is 4.42 Å². The largest absolute Gasteiger partial charge is 0.453 e. The Morgan fingerprint density at radius 3 is 2.11 bits per heavy atom. The van der Waals surface area contributed by atoms with Gasteiger partial charge in [0.2, 0.25) is 0 Å². The summed E-state index contributed by atoms with van der Waals surface area (Å²) >= 11 is 0. The van der Waals surface area contributed by atoms with E-state index < -0.39 is 31.8 Å². The van der Waals surface area contributed by atoms with Gasteiger partial charge in [0.25, 0.3) is 11.4 Å². The fourth-order valence-corrected chi connectivity index (χ4v) is 1.76. The molecule has 0 saturated heterocycles. The maximum atomic E-state index is 10.9. The van der Waals surface area contributed by atoms with Gasteiger partial charge in [-0.05, 0) is 0 Å². The van der Waals surface area contributed by atoms with Crippen LogP contribution < -0.4 is 0 Å². The Balaban J connectivity index is 2.96. The lowest BCUT2D eigenvalue weighted by molar-refractivity contribution is -0.395. The van der Waals surface area contributed by atoms with Crippen LogP contribution in [0.2, 0.25) is 0 Å². The Kier molecular flexibility index (Phi) is 2.62. The van der Waals surface area contributed by atoms with E-state index in [1.807, 2.05) is 0 Å². The monoisotopic (exact) mass is 267 g/mol. The number of nitro benzene ring substituents is 2. The average Bonchev–Trinajstić information content (AvgIpc) is 2.62. The van der Waals surface area contributed by atoms with Gasteiger partial charge in [0.05, 0.1) is 26.9 Å². The van der Waals surface area contributed by atoms with E-state index in [2.05, 4.69) is 0 Å². The van der Waals surface area contributed by atoms with Crippen molar-refractivity contribution in [2.75, 3.05) is 0 Å². The lowest BCUT2D eigenvalue weighted by Gasteiger charge is -1.94. The smallest absolute Gasteiger partial charge is 0.324 e. The van der Waals surface area contributed by atoms with Crippen LogP contribution in [0.5, 0.6) is 0 Å². The molecule has 10 nitrogen and oxygen atoms in total. The molecular formula is C9H5N3O7. The minimum Gasteiger partial charge on any atom is -0.453 e. The summed E-state index contributed by atoms with van der Waals surface area (Å²) in [6.45, 7) is 1.26. The number of fused-ring (bicyclic) bond motifs is 1. The van der Waals surface area contributed by atoms with E-state index in [1.54, 1.807) is 0 Å². The van der Waals surface area contributed by atoms with Gasteiger partial charge in [0.1, 0.15) is 0 Å². The molecule has 0 unspecified atom stereocenters. The number of hydrogen-bond acceptors (Lipinski definition) is 7. The second kappa shape index (κ2) is 4.01. The molecule has 1 heterocycles. The summed E-state index contributed by atoms with van der Waals surface area (Å²) in [6.07, 6.45) is 0. The van der Waals surface area contributed by atoms with Gasteiger partial charge in [-0.3, -0.25) is 30.3 Å². The number of hydrogen-bond donors (Lipinski definition) is 0. The lowest BCUT2D eigenvalue weighted by atomic mass is 10.1. The van der Waals surface area contributed by atoms with E-state index in [1.165, 1.54) is 6.92 Å². The van der Waals surface area contributed by atoms with Crippen molar-refractivity contribution in [2.24, 2.45) is 0 Å². The Labute approximate surface area is 103 Å². The number of nitro groups is 3. The number of nitrogens with zero attached hydrogens (tertiary/aromatic N) is 3. The van der Waals surface area contributed by atoms with Gasteiger partial charge in [-0.25, -0.2) is 0 Å². The molecule has 1 aromatic carbocycles. The lowest BCUT2D eigenvalue weighted by Crippen LogP contribution is -1.95. The first-order valence-electron chi connectivity index (χ1n) is 4.83. The Bertz CT molecular complexity index is 733. The average molecular weight is 267 g/mol. The molecule has 2 aromatic rings. The number of furan rings is 1. The molecule has 2 rings (SSSR count). The second-order valence-corrected chi connectivity index (χ2v) is 3.62. The van der Waals surface area contributed by atoms with Crippen molar-refractivity contribution < 1.29 is 19.2 Å². The highest BCUT2D eigenvalue weighted by molar-refractivity contribution is 5.98. The van der Waals surface area contributed by atoms with Crippen LogP contribution in [0, 0.1) is 37.3 Å². The van der Waals surface area contributed by atoms with Gasteiger partial charge in [-0.1, -0.05) is 0 Å². The summed E-state index contributed by atoms with van der Waals surface area (Å²) in [4.78, 5) is 29.8. The third-order valence-corrected chi connectivity index (χ3v) is 2.49. The molecule has 1 aromatic heterocycles. The molecule has 0 aliphatic heterocycles. The zero-order chi connectivity index (χ0) is 14.3. The van der Waals surface area contributed by atoms with Crippen molar-refractivity contribution in [3.05, 3.63) is 48.2 Å². The molecule has 98 valence electrons. The minimum absolute atomic E-state index is 0.149. The second-order valence-electron chi connectivity index (χ2n) is 3.62. The fraction of sp³-hybridized carbons (Fsp3) is 0.111. The quantitative estimate of drug-likeness (QED) is 0.613. The van der Waals surface area contributed by atoms with Crippen molar-refractivity contribution in [1.29, 1.82) is 0 Å². The number of rotatable bonds is 3. The molecule has 0 radical (unpaired) electrons. The number of benzene rings is 1. The maximum Gasteiger partial charge on any atom is 0.324 e. The van der Waals surface area contributed by atoms with Crippen LogP contribution in [0.1, 0.15) is 5.76 Å². The van der Waals surface area contributed by atoms with Crippen LogP contribution in [0.15, 0.2) is 16.5 Å². The van der Waals surface area contributed by atoms with Crippen molar-refractivity contribution in [1.82, 2.24) is 0 Å². The minimum atomic E-state index is -0.919. The molecule has 0 bridgehead atoms. The van der Waals surface area contributed by atoms with Crippen LogP contribution in [0.3, 0.4) is 0 Å². The summed E-state index contributed by atoms with van der Waals surface area (Å²) < 4.78 is 4.99. The third kappa shape index (κ3) is 1.84. The zero-order valence-corrected chi connectivity index (χ0v) is 9.35. The number of aryl methyl sites for hydroxylation is 1. The molecular weight excluding hydrogens is 262 g/mol. The Hall–Kier alpha value is -3.04. The third-order valence-electron chi connectivity index (χ3n) is 2.49. The van der Waals surface area contributed by atoms with E-state index in [0.29, 0.717) is 6.07 Å². The summed E-state index contributed by atoms with van der Waals surface area (Å²) in [5.41, 5.74) is -2.11. The predicted molar refractivity (Wildman–Crippen MR) is 60.9 cm³/mol. The Morgan fingerprint density at radius 1 is 1.00 bits per heavy atom. The van der Waals surface area contributed by atoms with Crippen LogP contribution in [-0.2, 0) is 0 Å². The molecule has 0 fully saturated rings. The van der Waals surface area contributed by atoms with Crippen LogP contribution in [-0.4, -0.2) is 14.8 Å². The molecule has 0 N–H and O–H groups in total. The van der Waals surface area contributed by atoms with Crippen molar-refractivity contribution in [3.8, 4) is 0 Å². The van der Waals surface area contributed by atoms with Gasteiger partial charge in [-0.15, -0.1) is 0 Å². The molecule has 0 aliphatic rings. The van der Waals surface area contributed by atoms with Crippen molar-refractivity contribution >= 4 is 28.0 Å². The first-order valence-corrected chi connectivity index (χ1v) is 4.83. The van der Waals surface area contributed by atoms with E-state index in [9.17, 15) is 30.3 Å². The SMILES string of the molecule is Cc1oc2cc([N+](=O)[O-])cc([N+](=O)[O-])c2c1[N+](=O)[O-]. The molecule has 0 amide bonds. The molecule has 0 atom stereocenters. The molecule has 19 heavy (non-hydrogen) atoms. The standard InChI is InChI=1S/C9H5N3O7/c1-4-9(12(17)18)8-6(11(15)16)2-5(10(13)14)3-7(8)19-4/h2-3H,1H3. The highest BCUT2D eigenvalue weighted by Crippen LogP contribution is 2.40. The predicted octanol–water partition coefficient (Wildman–Crippen LogP) is 2.47. The van der Waals surface area contributed by atoms with Crippen molar-refractivity contribution in [3.63, 3.8) is 0 Å². The summed E-state index contributed by atoms with van der Waals surface area (Å²) in [6, 6.07) is 1.59. The van der Waals surface area contributed by atoms with Crippen LogP contribution in [0.4, 0.5) is 17.1 Å². The first kappa shape index (κ1) is 12.4. The number of non-ortho nitro benzene ring substituents is 2. The highest BCUT2D eigenvalue weighted by atomic mass is 16.6. The molecule has 0 saturated carbocycles. The van der Waals surface area contributed by atoms with Gasteiger partial charge < -0.3 is 4.42 Å². The van der Waals surface area contributed by atoms with Crippen LogP contribution >= 0.6 is 0 Å². The van der Waals surface area contributed by atoms with Gasteiger partial charge in [0.15, 0.2) is 16.7 Å². The normalized spacial score (nSPS) is 10.6. The first-order chi connectivity index (χ1) is 8.82. The Morgan fingerprint density at radius 2 is 1.63 bits per heavy atom. The summed E-state index contributed by atoms with van der Waals surface area (Å²) in [5.74, 6) is -0.149.